The third kappa shape index (κ3) is 2.39. The van der Waals surface area contributed by atoms with Crippen LogP contribution in [-0.2, 0) is 18.4 Å². The summed E-state index contributed by atoms with van der Waals surface area (Å²) in [5, 5.41) is 4.76. The number of nitrogens with two attached hydrogens (primary N) is 1. The standard InChI is InChI=1S/C12H13BrClN3O/c1-17-12(15)8(5-16-17)7-3-10(13)9(6-18-2)11(14)4-7/h3-5H,6,15H2,1-2H3. The molecule has 0 aliphatic carbocycles. The van der Waals surface area contributed by atoms with Gasteiger partial charge in [-0.25, -0.2) is 0 Å². The van der Waals surface area contributed by atoms with Crippen LogP contribution in [-0.4, -0.2) is 16.9 Å². The van der Waals surface area contributed by atoms with Crippen LogP contribution in [0.1, 0.15) is 5.56 Å². The van der Waals surface area contributed by atoms with Gasteiger partial charge in [0, 0.05) is 34.8 Å². The highest BCUT2D eigenvalue weighted by Gasteiger charge is 2.12. The van der Waals surface area contributed by atoms with Gasteiger partial charge in [-0.2, -0.15) is 5.10 Å². The van der Waals surface area contributed by atoms with Gasteiger partial charge in [0.15, 0.2) is 0 Å². The molecule has 0 saturated carbocycles. The first-order chi connectivity index (χ1) is 8.54. The SMILES string of the molecule is COCc1c(Cl)cc(-c2cnn(C)c2N)cc1Br. The van der Waals surface area contributed by atoms with E-state index in [0.29, 0.717) is 17.4 Å². The van der Waals surface area contributed by atoms with E-state index in [2.05, 4.69) is 21.0 Å². The summed E-state index contributed by atoms with van der Waals surface area (Å²) in [5.74, 6) is 0.609. The average Bonchev–Trinajstić information content (AvgIpc) is 2.65. The molecule has 1 aromatic carbocycles. The van der Waals surface area contributed by atoms with Gasteiger partial charge in [0.05, 0.1) is 12.8 Å². The monoisotopic (exact) mass is 329 g/mol. The van der Waals surface area contributed by atoms with Crippen LogP contribution in [0.3, 0.4) is 0 Å². The van der Waals surface area contributed by atoms with Crippen molar-refractivity contribution in [1.82, 2.24) is 9.78 Å². The Morgan fingerprint density at radius 2 is 2.22 bits per heavy atom. The average molecular weight is 331 g/mol. The normalized spacial score (nSPS) is 10.9. The Bertz CT molecular complexity index is 560. The quantitative estimate of drug-likeness (QED) is 0.940. The topological polar surface area (TPSA) is 53.1 Å². The van der Waals surface area contributed by atoms with Gasteiger partial charge in [0.1, 0.15) is 5.82 Å². The van der Waals surface area contributed by atoms with Gasteiger partial charge in [-0.1, -0.05) is 27.5 Å². The molecule has 0 bridgehead atoms. The lowest BCUT2D eigenvalue weighted by molar-refractivity contribution is 0.184. The van der Waals surface area contributed by atoms with E-state index in [1.807, 2.05) is 12.1 Å². The minimum Gasteiger partial charge on any atom is -0.383 e. The molecule has 0 spiro atoms. The van der Waals surface area contributed by atoms with E-state index in [0.717, 1.165) is 21.2 Å². The van der Waals surface area contributed by atoms with Gasteiger partial charge in [0.2, 0.25) is 0 Å². The number of aromatic nitrogens is 2. The van der Waals surface area contributed by atoms with Gasteiger partial charge in [-0.05, 0) is 17.7 Å². The van der Waals surface area contributed by atoms with Gasteiger partial charge < -0.3 is 10.5 Å². The molecule has 2 rings (SSSR count). The smallest absolute Gasteiger partial charge is 0.129 e. The van der Waals surface area contributed by atoms with Crippen molar-refractivity contribution in [3.8, 4) is 11.1 Å². The van der Waals surface area contributed by atoms with Crippen molar-refractivity contribution in [1.29, 1.82) is 0 Å². The maximum absolute atomic E-state index is 6.24. The van der Waals surface area contributed by atoms with E-state index in [-0.39, 0.29) is 0 Å². The van der Waals surface area contributed by atoms with Crippen molar-refractivity contribution in [3.05, 3.63) is 33.4 Å². The Hall–Kier alpha value is -1.04. The summed E-state index contributed by atoms with van der Waals surface area (Å²) in [6.45, 7) is 0.461. The number of benzene rings is 1. The van der Waals surface area contributed by atoms with Gasteiger partial charge in [0.25, 0.3) is 0 Å². The summed E-state index contributed by atoms with van der Waals surface area (Å²) in [5.41, 5.74) is 8.66. The van der Waals surface area contributed by atoms with E-state index in [1.54, 1.807) is 25.0 Å². The molecule has 0 radical (unpaired) electrons. The highest BCUT2D eigenvalue weighted by molar-refractivity contribution is 9.10. The first-order valence-electron chi connectivity index (χ1n) is 5.29. The molecule has 0 amide bonds. The molecule has 1 heterocycles. The Morgan fingerprint density at radius 1 is 1.50 bits per heavy atom. The van der Waals surface area contributed by atoms with Gasteiger partial charge >= 0.3 is 0 Å². The van der Waals surface area contributed by atoms with Gasteiger partial charge in [-0.15, -0.1) is 0 Å². The van der Waals surface area contributed by atoms with Crippen LogP contribution in [0.2, 0.25) is 5.02 Å². The number of nitrogens with zero attached hydrogens (tertiary/aromatic N) is 2. The lowest BCUT2D eigenvalue weighted by Crippen LogP contribution is -1.98. The van der Waals surface area contributed by atoms with Crippen LogP contribution in [0.4, 0.5) is 5.82 Å². The molecule has 6 heteroatoms. The first kappa shape index (κ1) is 13.4. The minimum atomic E-state index is 0.461. The molecule has 2 aromatic rings. The van der Waals surface area contributed by atoms with Crippen molar-refractivity contribution in [2.24, 2.45) is 7.05 Å². The molecule has 0 atom stereocenters. The lowest BCUT2D eigenvalue weighted by atomic mass is 10.1. The third-order valence-electron chi connectivity index (χ3n) is 2.73. The highest BCUT2D eigenvalue weighted by atomic mass is 79.9. The Morgan fingerprint density at radius 3 is 2.72 bits per heavy atom. The van der Waals surface area contributed by atoms with Crippen LogP contribution >= 0.6 is 27.5 Å². The molecule has 18 heavy (non-hydrogen) atoms. The van der Waals surface area contributed by atoms with E-state index in [1.165, 1.54) is 0 Å². The van der Waals surface area contributed by atoms with E-state index < -0.39 is 0 Å². The van der Waals surface area contributed by atoms with Crippen LogP contribution in [0, 0.1) is 0 Å². The summed E-state index contributed by atoms with van der Waals surface area (Å²) >= 11 is 9.74. The van der Waals surface area contributed by atoms with Crippen LogP contribution < -0.4 is 5.73 Å². The molecule has 2 N–H and O–H groups in total. The molecular weight excluding hydrogens is 318 g/mol. The molecule has 0 aliphatic heterocycles. The van der Waals surface area contributed by atoms with Crippen LogP contribution in [0.15, 0.2) is 22.8 Å². The number of hydrogen-bond donors (Lipinski definition) is 1. The van der Waals surface area contributed by atoms with Gasteiger partial charge in [-0.3, -0.25) is 4.68 Å². The van der Waals surface area contributed by atoms with Crippen molar-refractivity contribution < 1.29 is 4.74 Å². The summed E-state index contributed by atoms with van der Waals surface area (Å²) in [7, 11) is 3.44. The maximum Gasteiger partial charge on any atom is 0.129 e. The van der Waals surface area contributed by atoms with Crippen molar-refractivity contribution >= 4 is 33.3 Å². The fraction of sp³-hybridized carbons (Fsp3) is 0.250. The number of rotatable bonds is 3. The highest BCUT2D eigenvalue weighted by Crippen LogP contribution is 2.34. The predicted octanol–water partition coefficient (Wildman–Crippen LogP) is 3.23. The molecule has 1 aromatic heterocycles. The second-order valence-electron chi connectivity index (χ2n) is 3.92. The van der Waals surface area contributed by atoms with E-state index in [9.17, 15) is 0 Å². The largest absolute Gasteiger partial charge is 0.383 e. The van der Waals surface area contributed by atoms with Crippen molar-refractivity contribution in [2.75, 3.05) is 12.8 Å². The number of nitrogen functional groups attached to an aromatic ring is 1. The number of ether oxygens (including phenoxy) is 1. The third-order valence-corrected chi connectivity index (χ3v) is 3.77. The zero-order valence-electron chi connectivity index (χ0n) is 10.1. The number of hydrogen-bond acceptors (Lipinski definition) is 3. The van der Waals surface area contributed by atoms with Crippen molar-refractivity contribution in [3.63, 3.8) is 0 Å². The number of halogens is 2. The van der Waals surface area contributed by atoms with Crippen LogP contribution in [0.25, 0.3) is 11.1 Å². The van der Waals surface area contributed by atoms with E-state index >= 15 is 0 Å². The summed E-state index contributed by atoms with van der Waals surface area (Å²) in [6.07, 6.45) is 1.73. The second-order valence-corrected chi connectivity index (χ2v) is 5.18. The van der Waals surface area contributed by atoms with E-state index in [4.69, 9.17) is 22.1 Å². The summed E-state index contributed by atoms with van der Waals surface area (Å²) in [6, 6.07) is 3.83. The number of anilines is 1. The molecule has 0 unspecified atom stereocenters. The summed E-state index contributed by atoms with van der Waals surface area (Å²) in [4.78, 5) is 0. The Balaban J connectivity index is 2.51. The molecule has 0 fully saturated rings. The fourth-order valence-corrected chi connectivity index (χ4v) is 2.67. The zero-order chi connectivity index (χ0) is 13.3. The molecule has 0 aliphatic rings. The van der Waals surface area contributed by atoms with Crippen LogP contribution in [0.5, 0.6) is 0 Å². The maximum atomic E-state index is 6.24. The first-order valence-corrected chi connectivity index (χ1v) is 6.46. The molecule has 0 saturated heterocycles. The fourth-order valence-electron chi connectivity index (χ4n) is 1.71. The molecular formula is C12H13BrClN3O. The minimum absolute atomic E-state index is 0.461. The lowest BCUT2D eigenvalue weighted by Gasteiger charge is -2.09. The zero-order valence-corrected chi connectivity index (χ0v) is 12.4. The Kier molecular flexibility index (Phi) is 3.94. The number of aryl methyl sites for hydroxylation is 1. The second kappa shape index (κ2) is 5.30. The summed E-state index contributed by atoms with van der Waals surface area (Å²) < 4.78 is 7.63. The number of methoxy groups -OCH3 is 1. The predicted molar refractivity (Wildman–Crippen MR) is 76.5 cm³/mol. The Labute approximate surface area is 119 Å². The molecule has 96 valence electrons. The van der Waals surface area contributed by atoms with Crippen molar-refractivity contribution in [2.45, 2.75) is 6.61 Å². The molecule has 4 nitrogen and oxygen atoms in total.